The molecule has 0 amide bonds. The number of aliphatic hydroxyl groups excluding tert-OH is 10. The number of ether oxygens (including phenoxy) is 5. The molecule has 4 aromatic heterocycles. The van der Waals surface area contributed by atoms with Gasteiger partial charge in [-0.3, -0.25) is 59.0 Å². The van der Waals surface area contributed by atoms with E-state index in [2.05, 4.69) is 151 Å². The van der Waals surface area contributed by atoms with Gasteiger partial charge in [0.05, 0.1) is 55.0 Å². The van der Waals surface area contributed by atoms with Crippen molar-refractivity contribution in [3.8, 4) is 0 Å². The van der Waals surface area contributed by atoms with E-state index in [1.165, 1.54) is 38.6 Å². The third kappa shape index (κ3) is 32.5. The lowest BCUT2D eigenvalue weighted by molar-refractivity contribution is -0.723. The third-order valence-electron chi connectivity index (χ3n) is 21.5. The van der Waals surface area contributed by atoms with Gasteiger partial charge in [0, 0.05) is 55.2 Å². The molecule has 5 saturated heterocycles. The van der Waals surface area contributed by atoms with Crippen molar-refractivity contribution in [1.82, 2.24) is 69.7 Å². The molecule has 6 aliphatic heterocycles. The molecule has 20 atom stereocenters. The number of hydrogen-bond donors (Lipinski definition) is 19. The second kappa shape index (κ2) is 48.8. The van der Waals surface area contributed by atoms with E-state index in [0.29, 0.717) is 60.6 Å². The lowest BCUT2D eigenvalue weighted by atomic mass is 9.99. The number of H-pyrrole nitrogens is 4. The van der Waals surface area contributed by atoms with Crippen LogP contribution in [0.2, 0.25) is 0 Å². The molecule has 19 N–H and O–H groups in total. The minimum absolute atomic E-state index is 0.139. The van der Waals surface area contributed by atoms with Crippen LogP contribution in [0, 0.1) is 0 Å². The molecular formula is C82H145N15O23P5S+. The summed E-state index contributed by atoms with van der Waals surface area (Å²) in [5.41, 5.74) is -2.69. The van der Waals surface area contributed by atoms with Crippen molar-refractivity contribution in [2.24, 2.45) is 0 Å². The number of nitrogens with zero attached hydrogens (tertiary/aromatic N) is 6. The Morgan fingerprint density at radius 2 is 0.762 bits per heavy atom. The molecule has 0 spiro atoms. The first-order valence-electron chi connectivity index (χ1n) is 42.6. The van der Waals surface area contributed by atoms with E-state index in [1.807, 2.05) is 34.7 Å². The highest BCUT2D eigenvalue weighted by molar-refractivity contribution is 7.80. The monoisotopic (exact) mass is 1890 g/mol. The van der Waals surface area contributed by atoms with Gasteiger partial charge in [0.25, 0.3) is 16.7 Å². The number of thiocarbonyl (C=S) groups is 1. The van der Waals surface area contributed by atoms with Crippen LogP contribution < -0.4 is 76.3 Å². The molecule has 4 aromatic rings. The van der Waals surface area contributed by atoms with Crippen LogP contribution in [0.25, 0.3) is 0 Å². The second-order valence-electron chi connectivity index (χ2n) is 36.5. The van der Waals surface area contributed by atoms with Crippen LogP contribution in [0.4, 0.5) is 0 Å². The van der Waals surface area contributed by atoms with Gasteiger partial charge in [0.1, 0.15) is 86.0 Å². The summed E-state index contributed by atoms with van der Waals surface area (Å²) in [6, 6.07) is 0. The van der Waals surface area contributed by atoms with Crippen LogP contribution in [0.3, 0.4) is 0 Å². The molecular weight excluding hydrogens is 1750 g/mol. The zero-order chi connectivity index (χ0) is 94.6. The van der Waals surface area contributed by atoms with Crippen molar-refractivity contribution in [3.63, 3.8) is 0 Å². The fourth-order valence-corrected chi connectivity index (χ4v) is 19.2. The number of nitrogens with one attached hydrogen (secondary N) is 9. The standard InChI is InChI=1S/3C17H30N3O5P.C16H29N4O5P.C15H25N2O3PS/c2*1-5-7-18-10-20-9-11(16(23)19-17(20)24)15-14(22)13(21)12(25-15)6-8-26(2,3)4;1-5-7-18-9-11-10-20(17(24)19-15(11)23)16-14(22)13(21)12(25-16)6-8-26(2,3)4;1-5-7-17-9-19-10-20(16(24)18-15(19)23)14-13(22)12(21)11(25-14)6-8-26(2,3)4;1-9-10(8-17(2)15(22)16-9)14-13(19)12(18)11(20-14)6-7-21(3,4)5/h2*9,12-15,18,21-22H,2,5-8,10H2,1,3-4H3,(H,19,23,24);10,12-14,16,18,21-22H,2,5-9H2,1,3-4H3,(H,19,23,24);10-14,17,21-22H,2,5-9H2,1,3-4H3;8,11-14,18-19H,1,3,6-7H2,2,4-5H3,(H,16,22)/p+1/t2*12-,13-,14-,15+;12-,13-,14-,16-;11-,12-,13-,14-;11-,12-,13-,14+/m11111/s1. The summed E-state index contributed by atoms with van der Waals surface area (Å²) in [6.45, 7) is 30.5. The predicted molar refractivity (Wildman–Crippen MR) is 512 cm³/mol. The lowest BCUT2D eigenvalue weighted by Gasteiger charge is -2.30. The van der Waals surface area contributed by atoms with Crippen molar-refractivity contribution in [2.45, 2.75) is 234 Å². The van der Waals surface area contributed by atoms with Crippen LogP contribution >= 0.6 is 46.6 Å². The van der Waals surface area contributed by atoms with E-state index in [-0.39, 0.29) is 37.2 Å². The zero-order valence-corrected chi connectivity index (χ0v) is 81.1. The van der Waals surface area contributed by atoms with Gasteiger partial charge in [0.2, 0.25) is 12.6 Å². The maximum Gasteiger partial charge on any atom is 0.448 e. The predicted octanol–water partition coefficient (Wildman–Crippen LogP) is -1.44. The summed E-state index contributed by atoms with van der Waals surface area (Å²) in [5, 5.41) is 119. The van der Waals surface area contributed by atoms with Gasteiger partial charge >= 0.3 is 28.4 Å². The average Bonchev–Trinajstić information content (AvgIpc) is 1.68. The number of aromatic amines is 4. The Labute approximate surface area is 742 Å². The molecule has 0 aromatic carbocycles. The quantitative estimate of drug-likeness (QED) is 0.0107. The first-order chi connectivity index (χ1) is 58.6. The van der Waals surface area contributed by atoms with Crippen LogP contribution in [0.5, 0.6) is 0 Å². The number of hydrogen-bond acceptors (Lipinski definition) is 28. The molecule has 38 nitrogen and oxygen atoms in total. The van der Waals surface area contributed by atoms with Crippen molar-refractivity contribution >= 4 is 83.3 Å². The van der Waals surface area contributed by atoms with Crippen LogP contribution in [-0.2, 0) is 50.2 Å². The minimum atomic E-state index is -1.30. The molecule has 0 radical (unpaired) electrons. The topological polar surface area (TPSA) is 535 Å². The van der Waals surface area contributed by atoms with Gasteiger partial charge in [-0.25, -0.2) is 24.0 Å². The largest absolute Gasteiger partial charge is 0.448 e. The van der Waals surface area contributed by atoms with Gasteiger partial charge < -0.3 is 90.3 Å². The summed E-state index contributed by atoms with van der Waals surface area (Å²) in [4.78, 5) is 107. The molecule has 0 bridgehead atoms. The fraction of sp³-hybridized carbons (Fsp3) is 0.695. The zero-order valence-electron chi connectivity index (χ0n) is 75.8. The Bertz CT molecular complexity index is 4540. The van der Waals surface area contributed by atoms with E-state index in [0.717, 1.165) is 91.8 Å². The highest BCUT2D eigenvalue weighted by atomic mass is 32.1. The maximum atomic E-state index is 12.2. The maximum absolute atomic E-state index is 12.2. The number of aliphatic hydroxyl groups is 10. The van der Waals surface area contributed by atoms with Crippen LogP contribution in [0.15, 0.2) is 87.3 Å². The van der Waals surface area contributed by atoms with Crippen molar-refractivity contribution in [3.05, 3.63) is 149 Å². The fourth-order valence-electron chi connectivity index (χ4n) is 14.2. The average molecular weight is 1900 g/mol. The Morgan fingerprint density at radius 1 is 0.429 bits per heavy atom. The summed E-state index contributed by atoms with van der Waals surface area (Å²) in [5.74, 6) is 0. The van der Waals surface area contributed by atoms with Gasteiger partial charge in [-0.05, 0) is 194 Å². The molecule has 5 fully saturated rings. The number of aromatic nitrogens is 9. The first-order valence-corrected chi connectivity index (χ1v) is 58.3. The molecule has 44 heteroatoms. The van der Waals surface area contributed by atoms with E-state index < -0.39 is 196 Å². The SMILES string of the molecule is C=C1NC(=S)N(C)C=C1[C@@H]1O[C@H](CCP(=C)(C)C)[C@@H](O)[C@H]1O.C=P(C)(C)CC[C@H]1O[C@@H](c2cn(CNCCC)c(=O)[nH]c2=O)[C@H](O)[C@@H]1O.C=P(C)(C)CC[C@H]1O[C@@H](c2cn(CNCCC)c(=O)[nH]c2=O)[C@H](O)[C@@H]1O.C=P(C)(C)CC[C@H]1O[C@@H](n2c[n+](CNCCC)c(=O)[nH]c2=O)[C@H](O)[C@@H]1O.C=P(C)(C)CC[C@H]1O[C@@H](n2cc(CNCCC)c(=O)[nH]c2=O)[C@H](O)[C@@H]1O. The van der Waals surface area contributed by atoms with Gasteiger partial charge in [-0.1, -0.05) is 34.3 Å². The van der Waals surface area contributed by atoms with Crippen molar-refractivity contribution in [1.29, 1.82) is 0 Å². The third-order valence-corrected chi connectivity index (χ3v) is 29.3. The van der Waals surface area contributed by atoms with Gasteiger partial charge in [-0.2, -0.15) is 14.1 Å². The van der Waals surface area contributed by atoms with E-state index in [4.69, 9.17) is 35.9 Å². The molecule has 716 valence electrons. The molecule has 10 heterocycles. The number of rotatable bonds is 36. The first kappa shape index (κ1) is 109. The van der Waals surface area contributed by atoms with Crippen molar-refractivity contribution in [2.75, 3.05) is 131 Å². The van der Waals surface area contributed by atoms with Crippen LogP contribution in [-0.4, -0.2) is 359 Å². The summed E-state index contributed by atoms with van der Waals surface area (Å²) >= 11 is 5.14. The highest BCUT2D eigenvalue weighted by Gasteiger charge is 2.50. The van der Waals surface area contributed by atoms with Crippen molar-refractivity contribution < 1.29 is 79.3 Å². The Balaban J connectivity index is 0.000000244. The Kier molecular flexibility index (Phi) is 42.3. The molecule has 0 saturated carbocycles. The molecule has 6 aliphatic rings. The molecule has 10 rings (SSSR count). The van der Waals surface area contributed by atoms with Gasteiger partial charge in [0.15, 0.2) is 11.3 Å². The molecule has 0 aliphatic carbocycles. The van der Waals surface area contributed by atoms with E-state index >= 15 is 0 Å². The normalized spacial score (nSPS) is 27.5. The van der Waals surface area contributed by atoms with E-state index in [1.54, 1.807) is 11.1 Å². The molecule has 0 unspecified atom stereocenters. The van der Waals surface area contributed by atoms with Crippen LogP contribution in [0.1, 0.15) is 127 Å². The smallest absolute Gasteiger partial charge is 0.388 e. The lowest BCUT2D eigenvalue weighted by Crippen LogP contribution is -2.60. The minimum Gasteiger partial charge on any atom is -0.388 e. The van der Waals surface area contributed by atoms with E-state index in [9.17, 15) is 89.4 Å². The summed E-state index contributed by atoms with van der Waals surface area (Å²) < 4.78 is 35.3. The highest BCUT2D eigenvalue weighted by Crippen LogP contribution is 2.45. The summed E-state index contributed by atoms with van der Waals surface area (Å²) in [7, 11) is 1.81. The van der Waals surface area contributed by atoms with Gasteiger partial charge in [-0.15, -0.1) is 65.9 Å². The second-order valence-corrected chi connectivity index (χ2v) is 58.5. The Morgan fingerprint density at radius 3 is 1.15 bits per heavy atom. The summed E-state index contributed by atoms with van der Waals surface area (Å²) in [6.07, 6.45) is 20.3. The Hall–Kier alpha value is -5.44. The molecule has 126 heavy (non-hydrogen) atoms.